The molecular weight excluding hydrogens is 334 g/mol. The zero-order chi connectivity index (χ0) is 17.9. The summed E-state index contributed by atoms with van der Waals surface area (Å²) >= 11 is 1.94. The van der Waals surface area contributed by atoms with Gasteiger partial charge in [0, 0.05) is 33.8 Å². The Kier molecular flexibility index (Phi) is 4.85. The molecule has 3 aromatic carbocycles. The molecule has 4 aromatic rings. The first kappa shape index (κ1) is 17.0. The van der Waals surface area contributed by atoms with Crippen LogP contribution in [0.4, 0.5) is 0 Å². The number of hydrogen-bond acceptors (Lipinski definition) is 1. The van der Waals surface area contributed by atoms with Crippen LogP contribution in [0.2, 0.25) is 0 Å². The number of aromatic nitrogens is 1. The van der Waals surface area contributed by atoms with Crippen molar-refractivity contribution < 1.29 is 0 Å². The summed E-state index contributed by atoms with van der Waals surface area (Å²) in [6.45, 7) is 5.32. The molecule has 0 saturated carbocycles. The number of para-hydroxylation sites is 1. The van der Waals surface area contributed by atoms with Crippen molar-refractivity contribution in [1.29, 1.82) is 0 Å². The van der Waals surface area contributed by atoms with Crippen molar-refractivity contribution in [3.63, 3.8) is 0 Å². The van der Waals surface area contributed by atoms with Gasteiger partial charge in [-0.2, -0.15) is 0 Å². The molecule has 0 N–H and O–H groups in total. The summed E-state index contributed by atoms with van der Waals surface area (Å²) in [7, 11) is 0. The maximum atomic E-state index is 2.38. The number of rotatable bonds is 5. The molecular formula is C24H23NS. The molecule has 0 radical (unpaired) electrons. The zero-order valence-electron chi connectivity index (χ0n) is 15.2. The van der Waals surface area contributed by atoms with E-state index in [-0.39, 0.29) is 0 Å². The molecule has 0 aliphatic carbocycles. The van der Waals surface area contributed by atoms with Gasteiger partial charge in [0.2, 0.25) is 0 Å². The molecule has 0 amide bonds. The van der Waals surface area contributed by atoms with E-state index in [4.69, 9.17) is 0 Å². The number of thioether (sulfide) groups is 1. The molecule has 0 fully saturated rings. The minimum atomic E-state index is 0.426. The Morgan fingerprint density at radius 2 is 1.54 bits per heavy atom. The molecule has 0 spiro atoms. The number of nitrogens with zero attached hydrogens (tertiary/aromatic N) is 1. The Morgan fingerprint density at radius 3 is 2.31 bits per heavy atom. The van der Waals surface area contributed by atoms with Crippen LogP contribution in [0.25, 0.3) is 10.9 Å². The van der Waals surface area contributed by atoms with E-state index in [0.717, 1.165) is 6.54 Å². The van der Waals surface area contributed by atoms with Crippen LogP contribution in [0.1, 0.15) is 28.9 Å². The van der Waals surface area contributed by atoms with Crippen molar-refractivity contribution in [2.24, 2.45) is 0 Å². The maximum Gasteiger partial charge on any atom is 0.0495 e. The molecule has 1 heterocycles. The average Bonchev–Trinajstić information content (AvgIpc) is 3.02. The average molecular weight is 358 g/mol. The zero-order valence-corrected chi connectivity index (χ0v) is 16.0. The third-order valence-electron chi connectivity index (χ3n) is 4.80. The Balaban J connectivity index is 1.66. The molecule has 2 heteroatoms. The third kappa shape index (κ3) is 3.56. The van der Waals surface area contributed by atoms with E-state index in [0.29, 0.717) is 5.25 Å². The fraction of sp³-hybridized carbons (Fsp3) is 0.167. The molecule has 26 heavy (non-hydrogen) atoms. The van der Waals surface area contributed by atoms with Crippen molar-refractivity contribution in [3.8, 4) is 0 Å². The molecule has 1 aromatic heterocycles. The van der Waals surface area contributed by atoms with Gasteiger partial charge in [0.25, 0.3) is 0 Å². The Labute approximate surface area is 159 Å². The van der Waals surface area contributed by atoms with Crippen LogP contribution in [0.3, 0.4) is 0 Å². The van der Waals surface area contributed by atoms with Crippen molar-refractivity contribution in [2.45, 2.75) is 30.5 Å². The molecule has 1 unspecified atom stereocenters. The topological polar surface area (TPSA) is 4.93 Å². The highest BCUT2D eigenvalue weighted by atomic mass is 32.2. The van der Waals surface area contributed by atoms with E-state index in [1.807, 2.05) is 11.8 Å². The van der Waals surface area contributed by atoms with Gasteiger partial charge in [-0.1, -0.05) is 78.4 Å². The van der Waals surface area contributed by atoms with Crippen LogP contribution in [0.5, 0.6) is 0 Å². The van der Waals surface area contributed by atoms with Gasteiger partial charge in [0.1, 0.15) is 0 Å². The van der Waals surface area contributed by atoms with Crippen molar-refractivity contribution >= 4 is 22.7 Å². The fourth-order valence-electron chi connectivity index (χ4n) is 3.31. The summed E-state index contributed by atoms with van der Waals surface area (Å²) in [5, 5.41) is 1.77. The number of benzene rings is 3. The summed E-state index contributed by atoms with van der Waals surface area (Å²) in [5.41, 5.74) is 5.31. The fourth-order valence-corrected chi connectivity index (χ4v) is 4.47. The maximum absolute atomic E-state index is 2.38. The summed E-state index contributed by atoms with van der Waals surface area (Å²) in [6.07, 6.45) is 2.31. The highest BCUT2D eigenvalue weighted by Crippen LogP contribution is 2.39. The van der Waals surface area contributed by atoms with Gasteiger partial charge in [-0.05, 0) is 31.0 Å². The van der Waals surface area contributed by atoms with Gasteiger partial charge in [0.05, 0.1) is 0 Å². The first-order valence-corrected chi connectivity index (χ1v) is 9.94. The van der Waals surface area contributed by atoms with E-state index < -0.39 is 0 Å². The smallest absolute Gasteiger partial charge is 0.0495 e. The number of fused-ring (bicyclic) bond motifs is 1. The molecule has 0 aliphatic heterocycles. The standard InChI is InChI=1S/C24H23NS/c1-18-12-14-20(15-13-18)16-25-17-24(22-10-6-7-11-23(22)25)26-19(2)21-8-4-3-5-9-21/h3-15,17,19H,16H2,1-2H3. The second-order valence-corrected chi connectivity index (χ2v) is 8.18. The van der Waals surface area contributed by atoms with Crippen molar-refractivity contribution in [1.82, 2.24) is 4.57 Å². The molecule has 130 valence electrons. The third-order valence-corrected chi connectivity index (χ3v) is 6.00. The lowest BCUT2D eigenvalue weighted by atomic mass is 10.1. The van der Waals surface area contributed by atoms with E-state index in [2.05, 4.69) is 103 Å². The van der Waals surface area contributed by atoms with Crippen LogP contribution in [0, 0.1) is 6.92 Å². The van der Waals surface area contributed by atoms with Gasteiger partial charge < -0.3 is 4.57 Å². The van der Waals surface area contributed by atoms with Gasteiger partial charge in [-0.25, -0.2) is 0 Å². The minimum Gasteiger partial charge on any atom is -0.342 e. The summed E-state index contributed by atoms with van der Waals surface area (Å²) in [6, 6.07) is 28.3. The van der Waals surface area contributed by atoms with Crippen LogP contribution < -0.4 is 0 Å². The predicted octanol–water partition coefficient (Wildman–Crippen LogP) is 6.85. The van der Waals surface area contributed by atoms with Crippen LogP contribution >= 0.6 is 11.8 Å². The monoisotopic (exact) mass is 357 g/mol. The molecule has 1 nitrogen and oxygen atoms in total. The van der Waals surface area contributed by atoms with E-state index >= 15 is 0 Å². The lowest BCUT2D eigenvalue weighted by Crippen LogP contribution is -1.97. The quantitative estimate of drug-likeness (QED) is 0.354. The van der Waals surface area contributed by atoms with Gasteiger partial charge in [-0.15, -0.1) is 11.8 Å². The molecule has 0 saturated heterocycles. The summed E-state index contributed by atoms with van der Waals surface area (Å²) < 4.78 is 2.38. The normalized spacial score (nSPS) is 12.4. The molecule has 4 rings (SSSR count). The Morgan fingerprint density at radius 1 is 0.846 bits per heavy atom. The number of aryl methyl sites for hydroxylation is 1. The van der Waals surface area contributed by atoms with Gasteiger partial charge in [0.15, 0.2) is 0 Å². The van der Waals surface area contributed by atoms with Gasteiger partial charge in [-0.3, -0.25) is 0 Å². The molecule has 0 bridgehead atoms. The second-order valence-electron chi connectivity index (χ2n) is 6.79. The lowest BCUT2D eigenvalue weighted by molar-refractivity contribution is 0.829. The van der Waals surface area contributed by atoms with Crippen LogP contribution in [-0.2, 0) is 6.54 Å². The SMILES string of the molecule is Cc1ccc(Cn2cc(SC(C)c3ccccc3)c3ccccc32)cc1. The van der Waals surface area contributed by atoms with E-state index in [9.17, 15) is 0 Å². The van der Waals surface area contributed by atoms with Crippen LogP contribution in [0.15, 0.2) is 90.0 Å². The van der Waals surface area contributed by atoms with E-state index in [1.54, 1.807) is 0 Å². The second kappa shape index (κ2) is 7.43. The molecule has 1 atom stereocenters. The van der Waals surface area contributed by atoms with Crippen molar-refractivity contribution in [2.75, 3.05) is 0 Å². The summed E-state index contributed by atoms with van der Waals surface area (Å²) in [4.78, 5) is 1.35. The summed E-state index contributed by atoms with van der Waals surface area (Å²) in [5.74, 6) is 0. The highest BCUT2D eigenvalue weighted by molar-refractivity contribution is 7.99. The van der Waals surface area contributed by atoms with E-state index in [1.165, 1.54) is 32.5 Å². The molecule has 0 aliphatic rings. The van der Waals surface area contributed by atoms with Crippen molar-refractivity contribution in [3.05, 3.63) is 102 Å². The Hall–Kier alpha value is -2.45. The highest BCUT2D eigenvalue weighted by Gasteiger charge is 2.13. The minimum absolute atomic E-state index is 0.426. The lowest BCUT2D eigenvalue weighted by Gasteiger charge is -2.10. The van der Waals surface area contributed by atoms with Crippen LogP contribution in [-0.4, -0.2) is 4.57 Å². The predicted molar refractivity (Wildman–Crippen MR) is 113 cm³/mol. The first-order chi connectivity index (χ1) is 12.7. The Bertz CT molecular complexity index is 1000. The van der Waals surface area contributed by atoms with Gasteiger partial charge >= 0.3 is 0 Å². The first-order valence-electron chi connectivity index (χ1n) is 9.06. The largest absolute Gasteiger partial charge is 0.342 e. The number of hydrogen-bond donors (Lipinski definition) is 0.